The van der Waals surface area contributed by atoms with Crippen LogP contribution in [0.25, 0.3) is 0 Å². The van der Waals surface area contributed by atoms with Crippen molar-refractivity contribution in [2.75, 3.05) is 6.54 Å². The SMILES string of the molecule is O=C(CNC(=O)c1ccc(Cl)cc1Cl)N/N=C\c1ccc(Cl)cc1. The number of hydrazone groups is 1. The van der Waals surface area contributed by atoms with Crippen LogP contribution in [0, 0.1) is 0 Å². The molecule has 0 aromatic heterocycles. The molecule has 0 aliphatic heterocycles. The highest BCUT2D eigenvalue weighted by molar-refractivity contribution is 6.36. The number of benzene rings is 2. The maximum atomic E-state index is 11.9. The summed E-state index contributed by atoms with van der Waals surface area (Å²) in [5.74, 6) is -0.952. The van der Waals surface area contributed by atoms with Crippen LogP contribution >= 0.6 is 34.8 Å². The molecule has 0 heterocycles. The van der Waals surface area contributed by atoms with E-state index in [1.807, 2.05) is 0 Å². The third-order valence-corrected chi connectivity index (χ3v) is 3.66. The van der Waals surface area contributed by atoms with Gasteiger partial charge < -0.3 is 5.32 Å². The van der Waals surface area contributed by atoms with E-state index in [1.165, 1.54) is 18.3 Å². The fourth-order valence-corrected chi connectivity index (χ4v) is 2.32. The van der Waals surface area contributed by atoms with Gasteiger partial charge in [-0.25, -0.2) is 5.43 Å². The summed E-state index contributed by atoms with van der Waals surface area (Å²) >= 11 is 17.5. The summed E-state index contributed by atoms with van der Waals surface area (Å²) in [5, 5.41) is 7.48. The van der Waals surface area contributed by atoms with E-state index in [0.29, 0.717) is 10.0 Å². The Morgan fingerprint density at radius 3 is 2.33 bits per heavy atom. The lowest BCUT2D eigenvalue weighted by atomic mass is 10.2. The number of hydrogen-bond donors (Lipinski definition) is 2. The molecule has 5 nitrogen and oxygen atoms in total. The highest BCUT2D eigenvalue weighted by Gasteiger charge is 2.11. The molecule has 2 N–H and O–H groups in total. The molecule has 0 spiro atoms. The van der Waals surface area contributed by atoms with Crippen LogP contribution in [-0.4, -0.2) is 24.6 Å². The molecule has 0 saturated carbocycles. The van der Waals surface area contributed by atoms with Crippen molar-refractivity contribution in [3.8, 4) is 0 Å². The fourth-order valence-electron chi connectivity index (χ4n) is 1.70. The predicted octanol–water partition coefficient (Wildman–Crippen LogP) is 3.53. The van der Waals surface area contributed by atoms with E-state index in [0.717, 1.165) is 5.56 Å². The Morgan fingerprint density at radius 2 is 1.67 bits per heavy atom. The van der Waals surface area contributed by atoms with Gasteiger partial charge in [0.05, 0.1) is 23.3 Å². The van der Waals surface area contributed by atoms with Gasteiger partial charge in [0.1, 0.15) is 0 Å². The summed E-state index contributed by atoms with van der Waals surface area (Å²) in [6.45, 7) is -0.240. The van der Waals surface area contributed by atoms with Crippen LogP contribution in [-0.2, 0) is 4.79 Å². The maximum absolute atomic E-state index is 11.9. The molecule has 2 amide bonds. The fraction of sp³-hybridized carbons (Fsp3) is 0.0625. The monoisotopic (exact) mass is 383 g/mol. The second-order valence-corrected chi connectivity index (χ2v) is 5.93. The topological polar surface area (TPSA) is 70.6 Å². The highest BCUT2D eigenvalue weighted by Crippen LogP contribution is 2.20. The molecule has 124 valence electrons. The summed E-state index contributed by atoms with van der Waals surface area (Å²) in [5.41, 5.74) is 3.31. The van der Waals surface area contributed by atoms with Gasteiger partial charge in [-0.1, -0.05) is 46.9 Å². The zero-order valence-corrected chi connectivity index (χ0v) is 14.5. The van der Waals surface area contributed by atoms with Crippen molar-refractivity contribution in [3.63, 3.8) is 0 Å². The number of nitrogens with zero attached hydrogens (tertiary/aromatic N) is 1. The van der Waals surface area contributed by atoms with Crippen molar-refractivity contribution >= 4 is 52.8 Å². The number of hydrogen-bond acceptors (Lipinski definition) is 3. The van der Waals surface area contributed by atoms with Crippen LogP contribution in [0.4, 0.5) is 0 Å². The summed E-state index contributed by atoms with van der Waals surface area (Å²) in [6.07, 6.45) is 1.46. The van der Waals surface area contributed by atoms with Gasteiger partial charge in [0.2, 0.25) is 0 Å². The number of amides is 2. The lowest BCUT2D eigenvalue weighted by Crippen LogP contribution is -2.35. The van der Waals surface area contributed by atoms with Crippen LogP contribution in [0.5, 0.6) is 0 Å². The molecular formula is C16H12Cl3N3O2. The lowest BCUT2D eigenvalue weighted by Gasteiger charge is -2.06. The molecule has 8 heteroatoms. The first-order chi connectivity index (χ1) is 11.5. The van der Waals surface area contributed by atoms with Crippen LogP contribution in [0.3, 0.4) is 0 Å². The standard InChI is InChI=1S/C16H12Cl3N3O2/c17-11-3-1-10(2-4-11)8-21-22-15(23)9-20-16(24)13-6-5-12(18)7-14(13)19/h1-8H,9H2,(H,20,24)(H,22,23)/b21-8-. The molecular weight excluding hydrogens is 373 g/mol. The van der Waals surface area contributed by atoms with Crippen molar-refractivity contribution in [1.29, 1.82) is 0 Å². The summed E-state index contributed by atoms with van der Waals surface area (Å²) in [7, 11) is 0. The van der Waals surface area contributed by atoms with E-state index in [4.69, 9.17) is 34.8 Å². The Bertz CT molecular complexity index is 777. The van der Waals surface area contributed by atoms with E-state index in [2.05, 4.69) is 15.8 Å². The number of halogens is 3. The molecule has 2 rings (SSSR count). The molecule has 0 bridgehead atoms. The Balaban J connectivity index is 1.82. The average molecular weight is 385 g/mol. The molecule has 2 aromatic carbocycles. The van der Waals surface area contributed by atoms with Crippen molar-refractivity contribution in [2.24, 2.45) is 5.10 Å². The van der Waals surface area contributed by atoms with Crippen LogP contribution in [0.1, 0.15) is 15.9 Å². The zero-order valence-electron chi connectivity index (χ0n) is 12.2. The zero-order chi connectivity index (χ0) is 17.5. The molecule has 0 unspecified atom stereocenters. The highest BCUT2D eigenvalue weighted by atomic mass is 35.5. The molecule has 0 saturated heterocycles. The Hall–Kier alpha value is -2.08. The Kier molecular flexibility index (Phi) is 6.61. The minimum absolute atomic E-state index is 0.209. The van der Waals surface area contributed by atoms with E-state index in [-0.39, 0.29) is 17.1 Å². The van der Waals surface area contributed by atoms with Gasteiger partial charge in [-0.15, -0.1) is 0 Å². The van der Waals surface area contributed by atoms with E-state index in [9.17, 15) is 9.59 Å². The Morgan fingerprint density at radius 1 is 1.00 bits per heavy atom. The van der Waals surface area contributed by atoms with Crippen LogP contribution in [0.2, 0.25) is 15.1 Å². The second kappa shape index (κ2) is 8.68. The summed E-state index contributed by atoms with van der Waals surface area (Å²) < 4.78 is 0. The van der Waals surface area contributed by atoms with E-state index < -0.39 is 11.8 Å². The molecule has 24 heavy (non-hydrogen) atoms. The molecule has 2 aromatic rings. The summed E-state index contributed by atoms with van der Waals surface area (Å²) in [6, 6.07) is 11.4. The first-order valence-electron chi connectivity index (χ1n) is 6.76. The van der Waals surface area contributed by atoms with Gasteiger partial charge in [-0.3, -0.25) is 9.59 Å². The number of carbonyl (C=O) groups is 2. The molecule has 0 aliphatic rings. The van der Waals surface area contributed by atoms with Gasteiger partial charge >= 0.3 is 0 Å². The smallest absolute Gasteiger partial charge is 0.259 e. The summed E-state index contributed by atoms with van der Waals surface area (Å²) in [4.78, 5) is 23.6. The maximum Gasteiger partial charge on any atom is 0.259 e. The lowest BCUT2D eigenvalue weighted by molar-refractivity contribution is -0.120. The molecule has 0 aliphatic carbocycles. The largest absolute Gasteiger partial charge is 0.343 e. The molecule has 0 atom stereocenters. The second-order valence-electron chi connectivity index (χ2n) is 4.65. The number of rotatable bonds is 5. The van der Waals surface area contributed by atoms with E-state index >= 15 is 0 Å². The van der Waals surface area contributed by atoms with Crippen molar-refractivity contribution in [2.45, 2.75) is 0 Å². The van der Waals surface area contributed by atoms with Crippen molar-refractivity contribution in [3.05, 3.63) is 68.7 Å². The third kappa shape index (κ3) is 5.53. The quantitative estimate of drug-likeness (QED) is 0.611. The minimum Gasteiger partial charge on any atom is -0.343 e. The molecule has 0 fully saturated rings. The van der Waals surface area contributed by atoms with Gasteiger partial charge in [0, 0.05) is 10.0 Å². The number of carbonyl (C=O) groups excluding carboxylic acids is 2. The third-order valence-electron chi connectivity index (χ3n) is 2.86. The molecule has 0 radical (unpaired) electrons. The Labute approximate surface area is 153 Å². The van der Waals surface area contributed by atoms with E-state index in [1.54, 1.807) is 30.3 Å². The van der Waals surface area contributed by atoms with Gasteiger partial charge in [-0.2, -0.15) is 5.10 Å². The minimum atomic E-state index is -0.478. The predicted molar refractivity (Wildman–Crippen MR) is 96.0 cm³/mol. The van der Waals surface area contributed by atoms with Gasteiger partial charge in [0.15, 0.2) is 0 Å². The van der Waals surface area contributed by atoms with Crippen LogP contribution < -0.4 is 10.7 Å². The first-order valence-corrected chi connectivity index (χ1v) is 7.90. The van der Waals surface area contributed by atoms with Gasteiger partial charge in [-0.05, 0) is 35.9 Å². The number of nitrogens with one attached hydrogen (secondary N) is 2. The first kappa shape index (κ1) is 18.3. The van der Waals surface area contributed by atoms with Gasteiger partial charge in [0.25, 0.3) is 11.8 Å². The average Bonchev–Trinajstić information content (AvgIpc) is 2.54. The van der Waals surface area contributed by atoms with Crippen molar-refractivity contribution in [1.82, 2.24) is 10.7 Å². The van der Waals surface area contributed by atoms with Crippen molar-refractivity contribution < 1.29 is 9.59 Å². The normalized spacial score (nSPS) is 10.6. The van der Waals surface area contributed by atoms with Crippen LogP contribution in [0.15, 0.2) is 47.6 Å².